The third-order valence-electron chi connectivity index (χ3n) is 20.7. The standard InChI is InChI=1S/C80H85BN2/c1-75(2,3)58-33-37-63(38-34-58)82-69-45-52(44-56-31-32-57(47-65(56)80(14)43-22-21-42-78(80,10)11)73(53-24-17-15-18-25-53)54-26-19-16-20-27-54)30-39-66(69)81-67-40-35-61-49-70(67)83(72-51-62(77(7,8)9)50-71(82)74(72)81)68-41-36-59(76(4,5)6)48-64(68)55-28-23-29-60(46-55)79(61,12)13/h15-20,23-41,45-51,73H,21-22,42-44H2,1-14H3. The second-order valence-corrected chi connectivity index (χ2v) is 29.7. The molecule has 0 amide bonds. The van der Waals surface area contributed by atoms with Crippen molar-refractivity contribution >= 4 is 57.2 Å². The van der Waals surface area contributed by atoms with Gasteiger partial charge in [-0.1, -0.05) is 255 Å². The highest BCUT2D eigenvalue weighted by Crippen LogP contribution is 2.55. The highest BCUT2D eigenvalue weighted by Gasteiger charge is 2.47. The van der Waals surface area contributed by atoms with Crippen LogP contribution in [0.2, 0.25) is 0 Å². The zero-order chi connectivity index (χ0) is 58.2. The molecule has 418 valence electrons. The molecule has 2 nitrogen and oxygen atoms in total. The lowest BCUT2D eigenvalue weighted by atomic mass is 9.33. The first kappa shape index (κ1) is 54.9. The summed E-state index contributed by atoms with van der Waals surface area (Å²) in [5, 5.41) is 0. The van der Waals surface area contributed by atoms with Gasteiger partial charge in [-0.3, -0.25) is 0 Å². The molecule has 3 aliphatic heterocycles. The molecule has 3 heteroatoms. The van der Waals surface area contributed by atoms with Crippen LogP contribution in [0.5, 0.6) is 0 Å². The van der Waals surface area contributed by atoms with Gasteiger partial charge in [0.2, 0.25) is 0 Å². The van der Waals surface area contributed by atoms with Crippen molar-refractivity contribution in [1.82, 2.24) is 0 Å². The second kappa shape index (κ2) is 19.6. The maximum atomic E-state index is 2.68. The van der Waals surface area contributed by atoms with Gasteiger partial charge in [0.1, 0.15) is 0 Å². The maximum Gasteiger partial charge on any atom is 0.252 e. The van der Waals surface area contributed by atoms with Crippen LogP contribution >= 0.6 is 0 Å². The van der Waals surface area contributed by atoms with Gasteiger partial charge < -0.3 is 9.80 Å². The lowest BCUT2D eigenvalue weighted by Crippen LogP contribution is -2.61. The molecule has 4 bridgehead atoms. The minimum atomic E-state index is -0.241. The summed E-state index contributed by atoms with van der Waals surface area (Å²) in [7, 11) is 0. The van der Waals surface area contributed by atoms with Crippen LogP contribution in [0.15, 0.2) is 194 Å². The van der Waals surface area contributed by atoms with Crippen molar-refractivity contribution in [2.45, 2.75) is 162 Å². The fourth-order valence-corrected chi connectivity index (χ4v) is 15.0. The van der Waals surface area contributed by atoms with E-state index in [1.807, 2.05) is 0 Å². The number of fused-ring (bicyclic) bond motifs is 10. The number of benzene rings is 9. The van der Waals surface area contributed by atoms with E-state index in [1.54, 1.807) is 0 Å². The Labute approximate surface area is 498 Å². The maximum absolute atomic E-state index is 2.68. The van der Waals surface area contributed by atoms with Gasteiger partial charge in [-0.05, 0) is 178 Å². The normalized spacial score (nSPS) is 17.7. The smallest absolute Gasteiger partial charge is 0.252 e. The number of rotatable bonds is 7. The molecule has 9 aromatic carbocycles. The molecule has 1 aliphatic carbocycles. The van der Waals surface area contributed by atoms with Crippen molar-refractivity contribution in [2.75, 3.05) is 9.80 Å². The van der Waals surface area contributed by atoms with Crippen LogP contribution in [0.25, 0.3) is 11.1 Å². The third-order valence-corrected chi connectivity index (χ3v) is 20.7. The molecule has 1 saturated carbocycles. The second-order valence-electron chi connectivity index (χ2n) is 29.7. The third kappa shape index (κ3) is 9.22. The lowest BCUT2D eigenvalue weighted by Gasteiger charge is -2.50. The molecule has 13 rings (SSSR count). The van der Waals surface area contributed by atoms with Crippen LogP contribution in [-0.4, -0.2) is 6.71 Å². The first-order valence-corrected chi connectivity index (χ1v) is 31.1. The summed E-state index contributed by atoms with van der Waals surface area (Å²) >= 11 is 0. The number of anilines is 6. The first-order valence-electron chi connectivity index (χ1n) is 31.1. The van der Waals surface area contributed by atoms with Crippen LogP contribution in [-0.2, 0) is 33.5 Å². The number of hydrogen-bond acceptors (Lipinski definition) is 2. The van der Waals surface area contributed by atoms with E-state index < -0.39 is 0 Å². The Hall–Kier alpha value is -7.36. The number of nitrogens with zero attached hydrogens (tertiary/aromatic N) is 2. The van der Waals surface area contributed by atoms with Gasteiger partial charge in [0.15, 0.2) is 0 Å². The predicted molar refractivity (Wildman–Crippen MR) is 357 cm³/mol. The highest BCUT2D eigenvalue weighted by atomic mass is 15.2. The fraction of sp³-hybridized carbons (Fsp3) is 0.325. The van der Waals surface area contributed by atoms with Crippen LogP contribution in [0.1, 0.15) is 190 Å². The zero-order valence-corrected chi connectivity index (χ0v) is 52.1. The van der Waals surface area contributed by atoms with Crippen molar-refractivity contribution in [3.8, 4) is 11.1 Å². The summed E-state index contributed by atoms with van der Waals surface area (Å²) in [6.45, 7) is 33.7. The summed E-state index contributed by atoms with van der Waals surface area (Å²) in [4.78, 5) is 5.34. The molecule has 0 aromatic heterocycles. The van der Waals surface area contributed by atoms with Crippen LogP contribution < -0.4 is 26.2 Å². The molecule has 1 fully saturated rings. The molecule has 83 heavy (non-hydrogen) atoms. The van der Waals surface area contributed by atoms with Crippen LogP contribution in [0.3, 0.4) is 0 Å². The predicted octanol–water partition coefficient (Wildman–Crippen LogP) is 19.6. The molecule has 0 spiro atoms. The van der Waals surface area contributed by atoms with Crippen molar-refractivity contribution in [2.24, 2.45) is 5.41 Å². The minimum Gasteiger partial charge on any atom is -0.311 e. The van der Waals surface area contributed by atoms with Crippen molar-refractivity contribution < 1.29 is 0 Å². The van der Waals surface area contributed by atoms with Crippen molar-refractivity contribution in [1.29, 1.82) is 0 Å². The van der Waals surface area contributed by atoms with Gasteiger partial charge in [-0.2, -0.15) is 0 Å². The Morgan fingerprint density at radius 1 is 0.446 bits per heavy atom. The van der Waals surface area contributed by atoms with E-state index in [-0.39, 0.29) is 45.1 Å². The molecular weight excluding hydrogens is 1000 g/mol. The number of hydrogen-bond donors (Lipinski definition) is 0. The average Bonchev–Trinajstić information content (AvgIpc) is 3.20. The minimum absolute atomic E-state index is 0.00524. The lowest BCUT2D eigenvalue weighted by molar-refractivity contribution is 0.108. The summed E-state index contributed by atoms with van der Waals surface area (Å²) in [5.74, 6) is 0.129. The van der Waals surface area contributed by atoms with E-state index in [1.165, 1.54) is 149 Å². The van der Waals surface area contributed by atoms with E-state index in [0.29, 0.717) is 0 Å². The average molecular weight is 1090 g/mol. The van der Waals surface area contributed by atoms with Crippen LogP contribution in [0.4, 0.5) is 34.1 Å². The summed E-state index contributed by atoms with van der Waals surface area (Å²) in [5.41, 5.74) is 28.8. The van der Waals surface area contributed by atoms with Gasteiger partial charge in [0, 0.05) is 45.3 Å². The first-order chi connectivity index (χ1) is 39.4. The van der Waals surface area contributed by atoms with Crippen molar-refractivity contribution in [3.63, 3.8) is 0 Å². The van der Waals surface area contributed by atoms with E-state index >= 15 is 0 Å². The molecule has 1 atom stereocenters. The molecular formula is C80H85BN2. The Balaban J connectivity index is 1.05. The molecule has 0 radical (unpaired) electrons. The topological polar surface area (TPSA) is 6.48 Å². The van der Waals surface area contributed by atoms with Gasteiger partial charge in [-0.25, -0.2) is 0 Å². The molecule has 9 aromatic rings. The zero-order valence-electron chi connectivity index (χ0n) is 52.1. The van der Waals surface area contributed by atoms with E-state index in [4.69, 9.17) is 0 Å². The fourth-order valence-electron chi connectivity index (χ4n) is 15.0. The van der Waals surface area contributed by atoms with E-state index in [2.05, 4.69) is 301 Å². The summed E-state index contributed by atoms with van der Waals surface area (Å²) in [6, 6.07) is 76.6. The molecule has 0 saturated heterocycles. The Kier molecular flexibility index (Phi) is 13.0. The monoisotopic (exact) mass is 1080 g/mol. The van der Waals surface area contributed by atoms with Gasteiger partial charge in [0.05, 0.1) is 5.69 Å². The quantitative estimate of drug-likeness (QED) is 0.116. The Morgan fingerprint density at radius 3 is 1.67 bits per heavy atom. The van der Waals surface area contributed by atoms with Gasteiger partial charge in [0.25, 0.3) is 6.71 Å². The van der Waals surface area contributed by atoms with Crippen LogP contribution in [0, 0.1) is 5.41 Å². The summed E-state index contributed by atoms with van der Waals surface area (Å²) < 4.78 is 0. The van der Waals surface area contributed by atoms with Gasteiger partial charge in [-0.15, -0.1) is 0 Å². The van der Waals surface area contributed by atoms with Crippen molar-refractivity contribution in [3.05, 3.63) is 255 Å². The summed E-state index contributed by atoms with van der Waals surface area (Å²) in [6.07, 6.45) is 5.78. The molecule has 0 N–H and O–H groups in total. The largest absolute Gasteiger partial charge is 0.311 e. The van der Waals surface area contributed by atoms with E-state index in [0.717, 1.165) is 6.42 Å². The molecule has 3 heterocycles. The van der Waals surface area contributed by atoms with E-state index in [9.17, 15) is 0 Å². The SMILES string of the molecule is CC(C)(C)c1ccc(N2c3cc(Cc4ccc(C(c5ccccc5)c5ccccc5)cc4C4(C)CCCCC4(C)C)ccc3B3c4ccc5cc4N(c4ccc(C(C)(C)C)cc4-c4cccc(c4)C5(C)C)c4cc(C(C)(C)C)cc2c43)cc1. The molecule has 4 aliphatic rings. The molecule has 1 unspecified atom stereocenters. The Bertz CT molecular complexity index is 3930. The highest BCUT2D eigenvalue weighted by molar-refractivity contribution is 7.00. The Morgan fingerprint density at radius 2 is 1.04 bits per heavy atom. The van der Waals surface area contributed by atoms with Gasteiger partial charge >= 0.3 is 0 Å².